The lowest BCUT2D eigenvalue weighted by atomic mass is 10.1. The fourth-order valence-electron chi connectivity index (χ4n) is 4.28. The molecule has 10 nitrogen and oxygen atoms in total. The SMILES string of the molecule is O=C(CCCCCCCCC(=O)Nc1cccc(NC(=O)c2ccco2)c1)Nc1cccc(NC(=O)c2ccco2)c1. The summed E-state index contributed by atoms with van der Waals surface area (Å²) in [5.74, 6) is -0.448. The van der Waals surface area contributed by atoms with E-state index in [1.807, 2.05) is 0 Å². The number of amides is 4. The molecule has 2 heterocycles. The number of furan rings is 2. The lowest BCUT2D eigenvalue weighted by Crippen LogP contribution is -2.13. The van der Waals surface area contributed by atoms with Gasteiger partial charge in [-0.1, -0.05) is 37.8 Å². The lowest BCUT2D eigenvalue weighted by molar-refractivity contribution is -0.117. The van der Waals surface area contributed by atoms with Crippen molar-refractivity contribution < 1.29 is 28.0 Å². The van der Waals surface area contributed by atoms with Crippen LogP contribution >= 0.6 is 0 Å². The third-order valence-corrected chi connectivity index (χ3v) is 6.36. The Morgan fingerprint density at radius 3 is 1.24 bits per heavy atom. The molecule has 0 radical (unpaired) electrons. The maximum absolute atomic E-state index is 12.3. The summed E-state index contributed by atoms with van der Waals surface area (Å²) >= 11 is 0. The topological polar surface area (TPSA) is 143 Å². The Morgan fingerprint density at radius 2 is 0.857 bits per heavy atom. The van der Waals surface area contributed by atoms with E-state index in [0.29, 0.717) is 35.6 Å². The van der Waals surface area contributed by atoms with E-state index < -0.39 is 0 Å². The predicted octanol–water partition coefficient (Wildman–Crippen LogP) is 7.08. The van der Waals surface area contributed by atoms with Gasteiger partial charge in [-0.05, 0) is 73.5 Å². The van der Waals surface area contributed by atoms with Crippen LogP contribution in [0.3, 0.4) is 0 Å². The zero-order valence-electron chi connectivity index (χ0n) is 23.2. The van der Waals surface area contributed by atoms with Crippen LogP contribution in [-0.4, -0.2) is 23.6 Å². The number of rotatable bonds is 15. The number of benzene rings is 2. The molecule has 0 unspecified atom stereocenters. The van der Waals surface area contributed by atoms with Gasteiger partial charge in [0.15, 0.2) is 11.5 Å². The molecule has 2 aromatic heterocycles. The number of carbonyl (C=O) groups is 4. The van der Waals surface area contributed by atoms with Crippen molar-refractivity contribution in [2.24, 2.45) is 0 Å². The fraction of sp³-hybridized carbons (Fsp3) is 0.250. The minimum atomic E-state index is -0.358. The molecule has 4 rings (SSSR count). The van der Waals surface area contributed by atoms with Crippen molar-refractivity contribution in [1.29, 1.82) is 0 Å². The second kappa shape index (κ2) is 15.6. The van der Waals surface area contributed by atoms with Crippen molar-refractivity contribution in [3.05, 3.63) is 96.8 Å². The van der Waals surface area contributed by atoms with E-state index in [0.717, 1.165) is 38.5 Å². The second-order valence-corrected chi connectivity index (χ2v) is 9.74. The van der Waals surface area contributed by atoms with Crippen molar-refractivity contribution in [3.63, 3.8) is 0 Å². The van der Waals surface area contributed by atoms with Crippen molar-refractivity contribution >= 4 is 46.4 Å². The number of carbonyl (C=O) groups excluding carboxylic acids is 4. The molecule has 4 amide bonds. The molecular weight excluding hydrogens is 536 g/mol. The monoisotopic (exact) mass is 570 g/mol. The van der Waals surface area contributed by atoms with E-state index in [-0.39, 0.29) is 35.1 Å². The number of anilines is 4. The van der Waals surface area contributed by atoms with Crippen molar-refractivity contribution in [3.8, 4) is 0 Å². The molecule has 4 aromatic rings. The van der Waals surface area contributed by atoms with Gasteiger partial charge < -0.3 is 30.1 Å². The van der Waals surface area contributed by atoms with Crippen LogP contribution in [-0.2, 0) is 9.59 Å². The molecule has 4 N–H and O–H groups in total. The number of nitrogens with one attached hydrogen (secondary N) is 4. The zero-order valence-corrected chi connectivity index (χ0v) is 23.2. The van der Waals surface area contributed by atoms with E-state index in [2.05, 4.69) is 21.3 Å². The summed E-state index contributed by atoms with van der Waals surface area (Å²) in [5.41, 5.74) is 2.35. The smallest absolute Gasteiger partial charge is 0.291 e. The van der Waals surface area contributed by atoms with Crippen molar-refractivity contribution in [2.45, 2.75) is 51.4 Å². The van der Waals surface area contributed by atoms with E-state index in [9.17, 15) is 19.2 Å². The number of hydrogen-bond acceptors (Lipinski definition) is 6. The van der Waals surface area contributed by atoms with Gasteiger partial charge >= 0.3 is 0 Å². The van der Waals surface area contributed by atoms with Gasteiger partial charge in [0.05, 0.1) is 12.5 Å². The highest BCUT2D eigenvalue weighted by atomic mass is 16.3. The number of hydrogen-bond donors (Lipinski definition) is 4. The molecule has 218 valence electrons. The second-order valence-electron chi connectivity index (χ2n) is 9.74. The predicted molar refractivity (Wildman–Crippen MR) is 160 cm³/mol. The van der Waals surface area contributed by atoms with E-state index >= 15 is 0 Å². The van der Waals surface area contributed by atoms with Crippen LogP contribution in [0.1, 0.15) is 72.5 Å². The van der Waals surface area contributed by atoms with Crippen molar-refractivity contribution in [2.75, 3.05) is 21.3 Å². The van der Waals surface area contributed by atoms with Gasteiger partial charge in [0, 0.05) is 35.6 Å². The first-order valence-electron chi connectivity index (χ1n) is 14.0. The maximum atomic E-state index is 12.3. The summed E-state index contributed by atoms with van der Waals surface area (Å²) in [6.45, 7) is 0. The molecule has 0 bridgehead atoms. The quantitative estimate of drug-likeness (QED) is 0.113. The first-order chi connectivity index (χ1) is 20.5. The van der Waals surface area contributed by atoms with Gasteiger partial charge in [-0.25, -0.2) is 0 Å². The normalized spacial score (nSPS) is 10.6. The number of unbranched alkanes of at least 4 members (excludes halogenated alkanes) is 5. The van der Waals surface area contributed by atoms with Gasteiger partial charge in [0.25, 0.3) is 11.8 Å². The van der Waals surface area contributed by atoms with Crippen LogP contribution in [0.2, 0.25) is 0 Å². The molecule has 0 aliphatic carbocycles. The first-order valence-corrected chi connectivity index (χ1v) is 14.0. The molecule has 0 saturated heterocycles. The summed E-state index contributed by atoms with van der Waals surface area (Å²) in [7, 11) is 0. The van der Waals surface area contributed by atoms with Gasteiger partial charge in [-0.3, -0.25) is 19.2 Å². The highest BCUT2D eigenvalue weighted by Crippen LogP contribution is 2.19. The minimum Gasteiger partial charge on any atom is -0.459 e. The molecule has 0 saturated carbocycles. The Labute approximate surface area is 243 Å². The Kier molecular flexibility index (Phi) is 11.1. The molecule has 42 heavy (non-hydrogen) atoms. The van der Waals surface area contributed by atoms with Crippen LogP contribution in [0.5, 0.6) is 0 Å². The first kappa shape index (κ1) is 29.9. The molecule has 0 aliphatic rings. The van der Waals surface area contributed by atoms with Crippen LogP contribution in [0.15, 0.2) is 94.2 Å². The van der Waals surface area contributed by atoms with Crippen LogP contribution < -0.4 is 21.3 Å². The molecule has 0 fully saturated rings. The molecule has 0 atom stereocenters. The van der Waals surface area contributed by atoms with Crippen LogP contribution in [0, 0.1) is 0 Å². The third-order valence-electron chi connectivity index (χ3n) is 6.36. The zero-order chi connectivity index (χ0) is 29.6. The molecule has 0 spiro atoms. The van der Waals surface area contributed by atoms with E-state index in [1.54, 1.807) is 72.8 Å². The van der Waals surface area contributed by atoms with E-state index in [1.165, 1.54) is 12.5 Å². The standard InChI is InChI=1S/C32H34N4O6/c37-29(33-23-11-7-13-25(21-23)35-31(39)27-15-9-19-41-27)17-5-3-1-2-4-6-18-30(38)34-24-12-8-14-26(22-24)36-32(40)28-16-10-20-42-28/h7-16,19-22H,1-6,17-18H2,(H,33,37)(H,34,38)(H,35,39)(H,36,40). The van der Waals surface area contributed by atoms with Gasteiger partial charge in [0.1, 0.15) is 0 Å². The van der Waals surface area contributed by atoms with Crippen LogP contribution in [0.4, 0.5) is 22.7 Å². The Morgan fingerprint density at radius 1 is 0.476 bits per heavy atom. The van der Waals surface area contributed by atoms with Gasteiger partial charge in [-0.2, -0.15) is 0 Å². The minimum absolute atomic E-state index is 0.0780. The average Bonchev–Trinajstić information content (AvgIpc) is 3.70. The Balaban J connectivity index is 1.05. The maximum Gasteiger partial charge on any atom is 0.291 e. The highest BCUT2D eigenvalue weighted by Gasteiger charge is 2.11. The molecular formula is C32H34N4O6. The van der Waals surface area contributed by atoms with Crippen molar-refractivity contribution in [1.82, 2.24) is 0 Å². The Bertz CT molecular complexity index is 1350. The summed E-state index contributed by atoms with van der Waals surface area (Å²) in [5, 5.41) is 11.2. The molecule has 10 heteroatoms. The summed E-state index contributed by atoms with van der Waals surface area (Å²) in [6.07, 6.45) is 9.05. The summed E-state index contributed by atoms with van der Waals surface area (Å²) in [6, 6.07) is 20.4. The molecule has 0 aliphatic heterocycles. The third kappa shape index (κ3) is 9.81. The lowest BCUT2D eigenvalue weighted by Gasteiger charge is -2.09. The summed E-state index contributed by atoms with van der Waals surface area (Å²) in [4.78, 5) is 48.9. The van der Waals surface area contributed by atoms with Gasteiger partial charge in [-0.15, -0.1) is 0 Å². The van der Waals surface area contributed by atoms with E-state index in [4.69, 9.17) is 8.83 Å². The average molecular weight is 571 g/mol. The fourth-order valence-corrected chi connectivity index (χ4v) is 4.28. The van der Waals surface area contributed by atoms with Gasteiger partial charge in [0.2, 0.25) is 11.8 Å². The molecule has 2 aromatic carbocycles. The summed E-state index contributed by atoms with van der Waals surface area (Å²) < 4.78 is 10.2. The largest absolute Gasteiger partial charge is 0.459 e. The highest BCUT2D eigenvalue weighted by molar-refractivity contribution is 6.03. The Hall–Kier alpha value is -5.12. The van der Waals surface area contributed by atoms with Crippen LogP contribution in [0.25, 0.3) is 0 Å².